The lowest BCUT2D eigenvalue weighted by atomic mass is 10.2. The zero-order valence-corrected chi connectivity index (χ0v) is 17.7. The van der Waals surface area contributed by atoms with Gasteiger partial charge in [0.1, 0.15) is 17.2 Å². The Kier molecular flexibility index (Phi) is 5.67. The van der Waals surface area contributed by atoms with E-state index in [-0.39, 0.29) is 5.56 Å². The van der Waals surface area contributed by atoms with Crippen molar-refractivity contribution in [2.75, 3.05) is 20.8 Å². The van der Waals surface area contributed by atoms with Gasteiger partial charge in [0.25, 0.3) is 5.56 Å². The molecule has 0 radical (unpaired) electrons. The average Bonchev–Trinajstić information content (AvgIpc) is 3.32. The van der Waals surface area contributed by atoms with Crippen molar-refractivity contribution in [3.8, 4) is 28.6 Å². The molecule has 4 aromatic rings. The third-order valence-electron chi connectivity index (χ3n) is 4.49. The Morgan fingerprint density at radius 3 is 2.50 bits per heavy atom. The van der Waals surface area contributed by atoms with E-state index in [2.05, 4.69) is 17.0 Å². The topological polar surface area (TPSA) is 75.0 Å². The quantitative estimate of drug-likeness (QED) is 0.455. The molecule has 0 spiro atoms. The summed E-state index contributed by atoms with van der Waals surface area (Å²) in [5.41, 5.74) is 1.40. The minimum absolute atomic E-state index is 0.213. The van der Waals surface area contributed by atoms with Crippen LogP contribution in [-0.4, -0.2) is 35.4 Å². The summed E-state index contributed by atoms with van der Waals surface area (Å²) in [4.78, 5) is 17.9. The van der Waals surface area contributed by atoms with E-state index >= 15 is 0 Å². The summed E-state index contributed by atoms with van der Waals surface area (Å²) >= 11 is 1.29. The van der Waals surface area contributed by atoms with Gasteiger partial charge in [-0.3, -0.25) is 4.79 Å². The van der Waals surface area contributed by atoms with Crippen LogP contribution in [0.15, 0.2) is 47.3 Å². The molecule has 0 bridgehead atoms. The first-order chi connectivity index (χ1) is 14.6. The summed E-state index contributed by atoms with van der Waals surface area (Å²) in [6, 6.07) is 13.0. The summed E-state index contributed by atoms with van der Waals surface area (Å²) < 4.78 is 18.1. The standard InChI is InChI=1S/C22H21N3O4S/c1-4-11-29-16-8-5-14(6-9-16)20-23-22-25(24-20)21(26)19(30-22)12-15-7-10-17(27-2)13-18(15)28-3/h5-10,12-13H,4,11H2,1-3H3/b19-12-. The third kappa shape index (κ3) is 3.86. The number of nitrogens with zero attached hydrogens (tertiary/aromatic N) is 3. The Morgan fingerprint density at radius 1 is 1.07 bits per heavy atom. The number of methoxy groups -OCH3 is 2. The first-order valence-corrected chi connectivity index (χ1v) is 10.3. The summed E-state index contributed by atoms with van der Waals surface area (Å²) in [7, 11) is 3.18. The Labute approximate surface area is 177 Å². The summed E-state index contributed by atoms with van der Waals surface area (Å²) in [5, 5.41) is 4.40. The second-order valence-corrected chi connectivity index (χ2v) is 7.54. The van der Waals surface area contributed by atoms with E-state index in [1.54, 1.807) is 26.4 Å². The first-order valence-electron chi connectivity index (χ1n) is 9.49. The number of ether oxygens (including phenoxy) is 3. The van der Waals surface area contributed by atoms with Gasteiger partial charge in [-0.15, -0.1) is 5.10 Å². The smallest absolute Gasteiger partial charge is 0.291 e. The number of aromatic nitrogens is 3. The molecule has 0 saturated heterocycles. The number of thiazole rings is 1. The highest BCUT2D eigenvalue weighted by Crippen LogP contribution is 2.25. The molecule has 0 aliphatic heterocycles. The van der Waals surface area contributed by atoms with Gasteiger partial charge in [-0.05, 0) is 48.9 Å². The van der Waals surface area contributed by atoms with Gasteiger partial charge in [-0.2, -0.15) is 9.50 Å². The Balaban J connectivity index is 1.68. The molecule has 2 aromatic heterocycles. The second kappa shape index (κ2) is 8.54. The van der Waals surface area contributed by atoms with E-state index in [0.717, 1.165) is 23.3 Å². The van der Waals surface area contributed by atoms with Crippen LogP contribution in [0.25, 0.3) is 22.4 Å². The van der Waals surface area contributed by atoms with E-state index in [4.69, 9.17) is 14.2 Å². The van der Waals surface area contributed by atoms with E-state index < -0.39 is 0 Å². The molecule has 0 aliphatic rings. The maximum absolute atomic E-state index is 12.8. The number of hydrogen-bond acceptors (Lipinski definition) is 7. The van der Waals surface area contributed by atoms with Gasteiger partial charge in [0.15, 0.2) is 5.82 Å². The van der Waals surface area contributed by atoms with Crippen molar-refractivity contribution in [1.82, 2.24) is 14.6 Å². The molecule has 2 aromatic carbocycles. The van der Waals surface area contributed by atoms with Gasteiger partial charge < -0.3 is 14.2 Å². The number of fused-ring (bicyclic) bond motifs is 1. The van der Waals surface area contributed by atoms with Gasteiger partial charge >= 0.3 is 0 Å². The Hall–Kier alpha value is -3.39. The predicted octanol–water partition coefficient (Wildman–Crippen LogP) is 3.17. The fourth-order valence-electron chi connectivity index (χ4n) is 2.96. The Bertz CT molecular complexity index is 1280. The van der Waals surface area contributed by atoms with Crippen LogP contribution in [0, 0.1) is 0 Å². The summed E-state index contributed by atoms with van der Waals surface area (Å²) in [6.45, 7) is 2.74. The average molecular weight is 423 g/mol. The van der Waals surface area contributed by atoms with Crippen LogP contribution in [0.1, 0.15) is 18.9 Å². The lowest BCUT2D eigenvalue weighted by Gasteiger charge is -2.06. The van der Waals surface area contributed by atoms with Crippen LogP contribution in [0.4, 0.5) is 0 Å². The zero-order valence-electron chi connectivity index (χ0n) is 16.9. The number of hydrogen-bond donors (Lipinski definition) is 0. The molecule has 0 amide bonds. The van der Waals surface area contributed by atoms with E-state index in [1.807, 2.05) is 36.4 Å². The monoisotopic (exact) mass is 423 g/mol. The van der Waals surface area contributed by atoms with Crippen molar-refractivity contribution in [3.05, 3.63) is 62.9 Å². The van der Waals surface area contributed by atoms with Gasteiger partial charge in [-0.25, -0.2) is 0 Å². The van der Waals surface area contributed by atoms with Crippen LogP contribution in [0.5, 0.6) is 17.2 Å². The molecular formula is C22H21N3O4S. The molecule has 0 atom stereocenters. The SMILES string of the molecule is CCCOc1ccc(-c2nc3s/c(=C\c4ccc(OC)cc4OC)c(=O)n3n2)cc1. The lowest BCUT2D eigenvalue weighted by molar-refractivity contribution is 0.317. The molecule has 2 heterocycles. The minimum Gasteiger partial charge on any atom is -0.497 e. The largest absolute Gasteiger partial charge is 0.497 e. The molecule has 0 saturated carbocycles. The molecule has 0 N–H and O–H groups in total. The van der Waals surface area contributed by atoms with Crippen molar-refractivity contribution in [3.63, 3.8) is 0 Å². The zero-order chi connectivity index (χ0) is 21.1. The highest BCUT2D eigenvalue weighted by Gasteiger charge is 2.13. The van der Waals surface area contributed by atoms with E-state index in [0.29, 0.717) is 33.4 Å². The predicted molar refractivity (Wildman–Crippen MR) is 117 cm³/mol. The fraction of sp³-hybridized carbons (Fsp3) is 0.227. The van der Waals surface area contributed by atoms with Crippen LogP contribution < -0.4 is 24.3 Å². The number of benzene rings is 2. The van der Waals surface area contributed by atoms with Gasteiger partial charge in [0.05, 0.1) is 25.4 Å². The molecule has 0 unspecified atom stereocenters. The van der Waals surface area contributed by atoms with Gasteiger partial charge in [0, 0.05) is 17.2 Å². The molecule has 154 valence electrons. The maximum Gasteiger partial charge on any atom is 0.291 e. The minimum atomic E-state index is -0.213. The molecule has 30 heavy (non-hydrogen) atoms. The van der Waals surface area contributed by atoms with Crippen molar-refractivity contribution < 1.29 is 14.2 Å². The van der Waals surface area contributed by atoms with Gasteiger partial charge in [-0.1, -0.05) is 18.3 Å². The molecule has 8 heteroatoms. The summed E-state index contributed by atoms with van der Waals surface area (Å²) in [5.74, 6) is 2.62. The van der Waals surface area contributed by atoms with Crippen molar-refractivity contribution in [1.29, 1.82) is 0 Å². The molecule has 4 rings (SSSR count). The lowest BCUT2D eigenvalue weighted by Crippen LogP contribution is -2.23. The van der Waals surface area contributed by atoms with Crippen molar-refractivity contribution >= 4 is 22.4 Å². The number of rotatable bonds is 7. The highest BCUT2D eigenvalue weighted by atomic mass is 32.1. The molecule has 0 fully saturated rings. The van der Waals surface area contributed by atoms with Gasteiger partial charge in [0.2, 0.25) is 4.96 Å². The fourth-order valence-corrected chi connectivity index (χ4v) is 3.85. The van der Waals surface area contributed by atoms with Crippen molar-refractivity contribution in [2.45, 2.75) is 13.3 Å². The maximum atomic E-state index is 12.8. The Morgan fingerprint density at radius 2 is 1.83 bits per heavy atom. The van der Waals surface area contributed by atoms with Crippen LogP contribution >= 0.6 is 11.3 Å². The molecular weight excluding hydrogens is 402 g/mol. The van der Waals surface area contributed by atoms with Crippen LogP contribution in [0.3, 0.4) is 0 Å². The molecule has 0 aliphatic carbocycles. The third-order valence-corrected chi connectivity index (χ3v) is 5.45. The molecule has 7 nitrogen and oxygen atoms in total. The van der Waals surface area contributed by atoms with Crippen LogP contribution in [0.2, 0.25) is 0 Å². The van der Waals surface area contributed by atoms with E-state index in [1.165, 1.54) is 15.9 Å². The second-order valence-electron chi connectivity index (χ2n) is 6.53. The van der Waals surface area contributed by atoms with Crippen molar-refractivity contribution in [2.24, 2.45) is 0 Å². The normalized spacial score (nSPS) is 11.8. The first kappa shape index (κ1) is 19.9. The highest BCUT2D eigenvalue weighted by molar-refractivity contribution is 7.15. The van der Waals surface area contributed by atoms with E-state index in [9.17, 15) is 4.79 Å². The van der Waals surface area contributed by atoms with Crippen LogP contribution in [-0.2, 0) is 0 Å². The summed E-state index contributed by atoms with van der Waals surface area (Å²) in [6.07, 6.45) is 2.73.